The minimum atomic E-state index is -0.722. The molecule has 0 spiro atoms. The van der Waals surface area contributed by atoms with Gasteiger partial charge in [-0.15, -0.1) is 0 Å². The predicted octanol–water partition coefficient (Wildman–Crippen LogP) is 2.83. The molecule has 1 heterocycles. The van der Waals surface area contributed by atoms with Gasteiger partial charge in [0.2, 0.25) is 0 Å². The summed E-state index contributed by atoms with van der Waals surface area (Å²) in [4.78, 5) is 0. The van der Waals surface area contributed by atoms with Gasteiger partial charge in [-0.25, -0.2) is 8.78 Å². The van der Waals surface area contributed by atoms with Crippen LogP contribution in [0.25, 0.3) is 0 Å². The van der Waals surface area contributed by atoms with Gasteiger partial charge in [0.15, 0.2) is 0 Å². The Morgan fingerprint density at radius 1 is 1.33 bits per heavy atom. The van der Waals surface area contributed by atoms with Crippen LogP contribution in [0.4, 0.5) is 8.78 Å². The number of ether oxygens (including phenoxy) is 1. The lowest BCUT2D eigenvalue weighted by atomic mass is 10.0. The van der Waals surface area contributed by atoms with Gasteiger partial charge in [-0.1, -0.05) is 6.07 Å². The highest BCUT2D eigenvalue weighted by molar-refractivity contribution is 5.20. The molecule has 1 aliphatic heterocycles. The molecule has 18 heavy (non-hydrogen) atoms. The predicted molar refractivity (Wildman–Crippen MR) is 64.3 cm³/mol. The Morgan fingerprint density at radius 3 is 2.67 bits per heavy atom. The van der Waals surface area contributed by atoms with Crippen LogP contribution >= 0.6 is 0 Å². The van der Waals surface area contributed by atoms with Gasteiger partial charge in [0, 0.05) is 18.6 Å². The number of aliphatic hydroxyl groups is 1. The van der Waals surface area contributed by atoms with E-state index >= 15 is 0 Å². The zero-order chi connectivity index (χ0) is 13.0. The van der Waals surface area contributed by atoms with E-state index in [2.05, 4.69) is 0 Å². The topological polar surface area (TPSA) is 29.5 Å². The van der Waals surface area contributed by atoms with Crippen molar-refractivity contribution < 1.29 is 18.6 Å². The SMILES string of the molecule is OC(CCC1CCCO1)Cc1c(F)cccc1F. The largest absolute Gasteiger partial charge is 0.393 e. The molecule has 2 nitrogen and oxygen atoms in total. The second-order valence-corrected chi connectivity index (χ2v) is 4.77. The Bertz CT molecular complexity index is 369. The smallest absolute Gasteiger partial charge is 0.129 e. The van der Waals surface area contributed by atoms with Crippen molar-refractivity contribution in [3.05, 3.63) is 35.4 Å². The summed E-state index contributed by atoms with van der Waals surface area (Å²) in [5, 5.41) is 9.82. The molecule has 0 saturated carbocycles. The molecule has 1 aromatic rings. The Hall–Kier alpha value is -1.00. The maximum Gasteiger partial charge on any atom is 0.129 e. The van der Waals surface area contributed by atoms with Crippen molar-refractivity contribution in [2.75, 3.05) is 6.61 Å². The minimum Gasteiger partial charge on any atom is -0.393 e. The molecule has 4 heteroatoms. The van der Waals surface area contributed by atoms with Crippen molar-refractivity contribution in [1.29, 1.82) is 0 Å². The van der Waals surface area contributed by atoms with E-state index in [-0.39, 0.29) is 18.1 Å². The standard InChI is InChI=1S/C14H18F2O2/c15-13-4-1-5-14(16)12(13)9-10(17)6-7-11-3-2-8-18-11/h1,4-5,10-11,17H,2-3,6-9H2. The molecule has 1 aromatic carbocycles. The van der Waals surface area contributed by atoms with Crippen LogP contribution in [0.2, 0.25) is 0 Å². The van der Waals surface area contributed by atoms with Crippen LogP contribution < -0.4 is 0 Å². The summed E-state index contributed by atoms with van der Waals surface area (Å²) < 4.78 is 32.2. The lowest BCUT2D eigenvalue weighted by Gasteiger charge is -2.14. The molecular weight excluding hydrogens is 238 g/mol. The van der Waals surface area contributed by atoms with Crippen molar-refractivity contribution in [3.63, 3.8) is 0 Å². The maximum atomic E-state index is 13.4. The van der Waals surface area contributed by atoms with Crippen LogP contribution in [0.5, 0.6) is 0 Å². The second kappa shape index (κ2) is 6.25. The molecule has 0 bridgehead atoms. The normalized spacial score (nSPS) is 21.2. The molecule has 1 aliphatic rings. The van der Waals surface area contributed by atoms with Crippen molar-refractivity contribution in [3.8, 4) is 0 Å². The van der Waals surface area contributed by atoms with Crippen molar-refractivity contribution in [1.82, 2.24) is 0 Å². The average molecular weight is 256 g/mol. The number of halogens is 2. The van der Waals surface area contributed by atoms with Gasteiger partial charge < -0.3 is 9.84 Å². The summed E-state index contributed by atoms with van der Waals surface area (Å²) in [5.41, 5.74) is -0.0302. The summed E-state index contributed by atoms with van der Waals surface area (Å²) in [6.07, 6.45) is 2.83. The third kappa shape index (κ3) is 3.50. The van der Waals surface area contributed by atoms with Crippen molar-refractivity contribution >= 4 is 0 Å². The van der Waals surface area contributed by atoms with Gasteiger partial charge in [0.25, 0.3) is 0 Å². The van der Waals surface area contributed by atoms with E-state index in [4.69, 9.17) is 4.74 Å². The average Bonchev–Trinajstić information content (AvgIpc) is 2.84. The lowest BCUT2D eigenvalue weighted by molar-refractivity contribution is 0.0809. The van der Waals surface area contributed by atoms with Gasteiger partial charge >= 0.3 is 0 Å². The number of hydrogen-bond donors (Lipinski definition) is 1. The summed E-state index contributed by atoms with van der Waals surface area (Å²) in [7, 11) is 0. The van der Waals surface area contributed by atoms with Crippen molar-refractivity contribution in [2.45, 2.75) is 44.3 Å². The number of benzene rings is 1. The summed E-state index contributed by atoms with van der Waals surface area (Å²) in [6.45, 7) is 0.780. The zero-order valence-corrected chi connectivity index (χ0v) is 10.2. The van der Waals surface area contributed by atoms with Gasteiger partial charge in [-0.05, 0) is 37.8 Å². The first-order valence-corrected chi connectivity index (χ1v) is 6.39. The Kier molecular flexibility index (Phi) is 4.66. The van der Waals surface area contributed by atoms with E-state index in [0.29, 0.717) is 6.42 Å². The van der Waals surface area contributed by atoms with E-state index in [1.807, 2.05) is 0 Å². The molecule has 1 fully saturated rings. The molecule has 0 aliphatic carbocycles. The quantitative estimate of drug-likeness (QED) is 0.877. The molecule has 0 radical (unpaired) electrons. The third-order valence-corrected chi connectivity index (χ3v) is 3.35. The lowest BCUT2D eigenvalue weighted by Crippen LogP contribution is -2.16. The van der Waals surface area contributed by atoms with Crippen LogP contribution in [-0.2, 0) is 11.2 Å². The summed E-state index contributed by atoms with van der Waals surface area (Å²) in [5.74, 6) is -1.18. The van der Waals surface area contributed by atoms with Crippen LogP contribution in [0.3, 0.4) is 0 Å². The first-order valence-electron chi connectivity index (χ1n) is 6.39. The molecule has 2 atom stereocenters. The van der Waals surface area contributed by atoms with Gasteiger partial charge in [-0.3, -0.25) is 0 Å². The molecule has 0 aromatic heterocycles. The van der Waals surface area contributed by atoms with Crippen LogP contribution in [0.1, 0.15) is 31.2 Å². The van der Waals surface area contributed by atoms with Crippen molar-refractivity contribution in [2.24, 2.45) is 0 Å². The first-order chi connectivity index (χ1) is 8.66. The molecule has 2 rings (SSSR count). The fourth-order valence-corrected chi connectivity index (χ4v) is 2.32. The van der Waals surface area contributed by atoms with E-state index in [0.717, 1.165) is 25.9 Å². The first kappa shape index (κ1) is 13.4. The minimum absolute atomic E-state index is 0.0191. The van der Waals surface area contributed by atoms with E-state index in [9.17, 15) is 13.9 Å². The molecule has 1 saturated heterocycles. The number of aliphatic hydroxyl groups excluding tert-OH is 1. The monoisotopic (exact) mass is 256 g/mol. The van der Waals surface area contributed by atoms with E-state index in [1.165, 1.54) is 18.2 Å². The maximum absolute atomic E-state index is 13.4. The zero-order valence-electron chi connectivity index (χ0n) is 10.2. The Balaban J connectivity index is 1.84. The second-order valence-electron chi connectivity index (χ2n) is 4.77. The highest BCUT2D eigenvalue weighted by Crippen LogP contribution is 2.20. The van der Waals surface area contributed by atoms with Gasteiger partial charge in [-0.2, -0.15) is 0 Å². The van der Waals surface area contributed by atoms with Gasteiger partial charge in [0.05, 0.1) is 12.2 Å². The Morgan fingerprint density at radius 2 is 2.06 bits per heavy atom. The number of rotatable bonds is 5. The molecular formula is C14H18F2O2. The third-order valence-electron chi connectivity index (χ3n) is 3.35. The molecule has 100 valence electrons. The van der Waals surface area contributed by atoms with E-state index < -0.39 is 17.7 Å². The molecule has 2 unspecified atom stereocenters. The van der Waals surface area contributed by atoms with Gasteiger partial charge in [0.1, 0.15) is 11.6 Å². The highest BCUT2D eigenvalue weighted by Gasteiger charge is 2.18. The molecule has 0 amide bonds. The Labute approximate surface area is 106 Å². The fourth-order valence-electron chi connectivity index (χ4n) is 2.32. The van der Waals surface area contributed by atoms with Crippen LogP contribution in [-0.4, -0.2) is 23.9 Å². The van der Waals surface area contributed by atoms with Crippen LogP contribution in [0, 0.1) is 11.6 Å². The van der Waals surface area contributed by atoms with Crippen LogP contribution in [0.15, 0.2) is 18.2 Å². The number of hydrogen-bond acceptors (Lipinski definition) is 2. The summed E-state index contributed by atoms with van der Waals surface area (Å²) in [6, 6.07) is 3.75. The molecule has 1 N–H and O–H groups in total. The fraction of sp³-hybridized carbons (Fsp3) is 0.571. The summed E-state index contributed by atoms with van der Waals surface area (Å²) >= 11 is 0. The highest BCUT2D eigenvalue weighted by atomic mass is 19.1. The van der Waals surface area contributed by atoms with E-state index in [1.54, 1.807) is 0 Å².